The third-order valence-corrected chi connectivity index (χ3v) is 0. The molecule has 0 aliphatic rings. The van der Waals surface area contributed by atoms with Crippen LogP contribution in [0.4, 0.5) is 0 Å². The van der Waals surface area contributed by atoms with Crippen molar-refractivity contribution >= 4 is 49.6 Å². The van der Waals surface area contributed by atoms with Gasteiger partial charge in [0.2, 0.25) is 0 Å². The summed E-state index contributed by atoms with van der Waals surface area (Å²) in [4.78, 5) is 0. The maximum Gasteiger partial charge on any atom is 0 e. The molecule has 7 heavy (non-hydrogen) atoms. The summed E-state index contributed by atoms with van der Waals surface area (Å²) >= 11 is -3.29. The molecule has 0 unspecified atom stereocenters. The molecule has 0 aromatic rings. The van der Waals surface area contributed by atoms with E-state index in [1.807, 2.05) is 0 Å². The fourth-order valence-corrected chi connectivity index (χ4v) is 0. The van der Waals surface area contributed by atoms with Crippen molar-refractivity contribution in [3.8, 4) is 0 Å². The summed E-state index contributed by atoms with van der Waals surface area (Å²) in [5.41, 5.74) is 0. The average Bonchev–Trinajstić information content (AvgIpc) is 0.722. The van der Waals surface area contributed by atoms with Crippen LogP contribution in [0.2, 0.25) is 0 Å². The van der Waals surface area contributed by atoms with E-state index in [0.29, 0.717) is 0 Å². The Labute approximate surface area is 88.3 Å². The van der Waals surface area contributed by atoms with Crippen LogP contribution in [0.5, 0.6) is 0 Å². The molecule has 0 amide bonds. The summed E-state index contributed by atoms with van der Waals surface area (Å²) in [6.45, 7) is 0. The predicted octanol–water partition coefficient (Wildman–Crippen LogP) is 2.37. The first kappa shape index (κ1) is 16.7. The fraction of sp³-hybridized carbons (Fsp3) is 0. The van der Waals surface area contributed by atoms with Gasteiger partial charge in [-0.1, -0.05) is 0 Å². The summed E-state index contributed by atoms with van der Waals surface area (Å²) in [6.07, 6.45) is 0. The van der Waals surface area contributed by atoms with Crippen molar-refractivity contribution in [3.05, 3.63) is 0 Å². The smallest absolute Gasteiger partial charge is 0 e. The van der Waals surface area contributed by atoms with E-state index in [2.05, 4.69) is 0 Å². The van der Waals surface area contributed by atoms with E-state index in [0.717, 1.165) is 0 Å². The van der Waals surface area contributed by atoms with Crippen LogP contribution < -0.4 is 0 Å². The van der Waals surface area contributed by atoms with Gasteiger partial charge in [0.15, 0.2) is 0 Å². The molecule has 0 aromatic heterocycles. The Morgan fingerprint density at radius 3 is 0.857 bits per heavy atom. The summed E-state index contributed by atoms with van der Waals surface area (Å²) in [5, 5.41) is 0. The standard InChI is InChI=1S/4ClH.Pt.Rh.Sn/h4*1H;;;/q;;;;;;+4/p-4. The van der Waals surface area contributed by atoms with Gasteiger partial charge in [0.25, 0.3) is 0 Å². The average molecular weight is 559 g/mol. The van der Waals surface area contributed by atoms with E-state index in [4.69, 9.17) is 35.7 Å². The molecule has 7 heteroatoms. The summed E-state index contributed by atoms with van der Waals surface area (Å²) in [5.74, 6) is 0. The van der Waals surface area contributed by atoms with Crippen LogP contribution in [0.15, 0.2) is 0 Å². The Bertz CT molecular complexity index is 27.2. The van der Waals surface area contributed by atoms with E-state index in [1.165, 1.54) is 0 Å². The molecule has 0 aliphatic carbocycles. The monoisotopic (exact) mass is 558 g/mol. The molecule has 0 saturated carbocycles. The van der Waals surface area contributed by atoms with E-state index in [1.54, 1.807) is 0 Å². The molecule has 0 bridgehead atoms. The second-order valence-electron chi connectivity index (χ2n) is 0.429. The molecule has 0 aromatic carbocycles. The second-order valence-corrected chi connectivity index (χ2v) is 25.9. The van der Waals surface area contributed by atoms with Crippen molar-refractivity contribution in [3.63, 3.8) is 0 Å². The zero-order valence-electron chi connectivity index (χ0n) is 2.66. The van der Waals surface area contributed by atoms with Gasteiger partial charge in [-0.2, -0.15) is 0 Å². The molecular weight excluding hydrogens is 559 g/mol. The molecule has 51 valence electrons. The Hall–Kier alpha value is 3.27. The Morgan fingerprint density at radius 1 is 0.857 bits per heavy atom. The number of hydrogen-bond donors (Lipinski definition) is 0. The molecule has 0 heterocycles. The summed E-state index contributed by atoms with van der Waals surface area (Å²) < 4.78 is 0. The van der Waals surface area contributed by atoms with Gasteiger partial charge in [-0.25, -0.2) is 0 Å². The number of rotatable bonds is 0. The number of halogens is 4. The van der Waals surface area contributed by atoms with Crippen LogP contribution in [-0.4, -0.2) is 13.9 Å². The van der Waals surface area contributed by atoms with Gasteiger partial charge in [-0.05, 0) is 0 Å². The molecule has 0 nitrogen and oxygen atoms in total. The SMILES string of the molecule is [Cl][Sn]([Cl])([Cl])[Cl].[Pt].[Rh]. The third-order valence-electron chi connectivity index (χ3n) is 0. The first-order valence-electron chi connectivity index (χ1n) is 0.756. The van der Waals surface area contributed by atoms with Crippen molar-refractivity contribution in [2.24, 2.45) is 0 Å². The van der Waals surface area contributed by atoms with Gasteiger partial charge < -0.3 is 0 Å². The van der Waals surface area contributed by atoms with Gasteiger partial charge in [0.1, 0.15) is 0 Å². The van der Waals surface area contributed by atoms with Crippen LogP contribution >= 0.6 is 35.7 Å². The van der Waals surface area contributed by atoms with E-state index < -0.39 is 13.9 Å². The molecule has 0 spiro atoms. The van der Waals surface area contributed by atoms with Gasteiger partial charge >= 0.3 is 49.6 Å². The van der Waals surface area contributed by atoms with Crippen molar-refractivity contribution in [2.45, 2.75) is 0 Å². The van der Waals surface area contributed by atoms with Crippen molar-refractivity contribution in [1.29, 1.82) is 0 Å². The van der Waals surface area contributed by atoms with Gasteiger partial charge in [-0.3, -0.25) is 0 Å². The molecule has 0 aliphatic heterocycles. The maximum absolute atomic E-state index is 5.04. The minimum Gasteiger partial charge on any atom is 0 e. The zero-order chi connectivity index (χ0) is 4.50. The van der Waals surface area contributed by atoms with Crippen LogP contribution in [0.3, 0.4) is 0 Å². The Morgan fingerprint density at radius 2 is 0.857 bits per heavy atom. The van der Waals surface area contributed by atoms with Crippen molar-refractivity contribution < 1.29 is 40.5 Å². The molecular formula is Cl4PtRhSn. The Kier molecular flexibility index (Phi) is 17.6. The first-order chi connectivity index (χ1) is 2.00. The maximum atomic E-state index is 5.04. The first-order valence-corrected chi connectivity index (χ1v) is 15.2. The molecule has 0 N–H and O–H groups in total. The van der Waals surface area contributed by atoms with Crippen molar-refractivity contribution in [2.75, 3.05) is 0 Å². The molecule has 0 saturated heterocycles. The quantitative estimate of drug-likeness (QED) is 0.401. The van der Waals surface area contributed by atoms with Crippen molar-refractivity contribution in [1.82, 2.24) is 0 Å². The van der Waals surface area contributed by atoms with E-state index in [9.17, 15) is 0 Å². The largest absolute Gasteiger partial charge is 0 e. The van der Waals surface area contributed by atoms with Gasteiger partial charge in [0, 0.05) is 40.5 Å². The normalized spacial score (nSPS) is 8.57. The van der Waals surface area contributed by atoms with Gasteiger partial charge in [-0.15, -0.1) is 0 Å². The third kappa shape index (κ3) is 45.8. The second kappa shape index (κ2) is 7.38. The fourth-order valence-electron chi connectivity index (χ4n) is 0. The van der Waals surface area contributed by atoms with E-state index >= 15 is 0 Å². The molecule has 0 rings (SSSR count). The summed E-state index contributed by atoms with van der Waals surface area (Å²) in [7, 11) is 20.1. The van der Waals surface area contributed by atoms with Crippen LogP contribution in [0.1, 0.15) is 0 Å². The number of hydrogen-bond acceptors (Lipinski definition) is 0. The molecule has 0 atom stereocenters. The zero-order valence-corrected chi connectivity index (χ0v) is 12.5. The van der Waals surface area contributed by atoms with E-state index in [-0.39, 0.29) is 40.5 Å². The van der Waals surface area contributed by atoms with Gasteiger partial charge in [0.05, 0.1) is 0 Å². The minimum atomic E-state index is -3.29. The minimum absolute atomic E-state index is 0. The predicted molar refractivity (Wildman–Crippen MR) is 29.2 cm³/mol. The molecule has 0 fully saturated rings. The van der Waals surface area contributed by atoms with Crippen LogP contribution in [0.25, 0.3) is 0 Å². The molecule has 1 radical (unpaired) electrons. The van der Waals surface area contributed by atoms with Crippen LogP contribution in [-0.2, 0) is 40.5 Å². The Balaban J connectivity index is -0.0000000800. The van der Waals surface area contributed by atoms with Crippen LogP contribution in [0, 0.1) is 0 Å². The topological polar surface area (TPSA) is 0 Å². The summed E-state index contributed by atoms with van der Waals surface area (Å²) in [6, 6.07) is 0.